The fourth-order valence-electron chi connectivity index (χ4n) is 2.29. The molecule has 0 saturated heterocycles. The third-order valence-electron chi connectivity index (χ3n) is 3.19. The van der Waals surface area contributed by atoms with E-state index in [0.29, 0.717) is 6.04 Å². The molecule has 17 heavy (non-hydrogen) atoms. The number of fused-ring (bicyclic) bond motifs is 1. The second-order valence-electron chi connectivity index (χ2n) is 4.20. The van der Waals surface area contributed by atoms with Crippen LogP contribution in [0.1, 0.15) is 30.1 Å². The Bertz CT molecular complexity index is 509. The quantitative estimate of drug-likeness (QED) is 0.882. The minimum Gasteiger partial charge on any atom is -0.313 e. The molecule has 0 aromatic carbocycles. The Balaban J connectivity index is 2.02. The maximum Gasteiger partial charge on any atom is 0.179 e. The molecule has 0 aliphatic heterocycles. The second kappa shape index (κ2) is 4.50. The highest BCUT2D eigenvalue weighted by Gasteiger charge is 2.21. The number of hydrogen-bond acceptors (Lipinski definition) is 5. The molecule has 2 heterocycles. The molecule has 2 aromatic rings. The lowest BCUT2D eigenvalue weighted by molar-refractivity contribution is 0.487. The van der Waals surface area contributed by atoms with Gasteiger partial charge in [0.1, 0.15) is 5.69 Å². The maximum absolute atomic E-state index is 4.65. The topological polar surface area (TPSA) is 50.7 Å². The zero-order valence-electron chi connectivity index (χ0n) is 9.68. The van der Waals surface area contributed by atoms with Gasteiger partial charge in [-0.25, -0.2) is 15.0 Å². The lowest BCUT2D eigenvalue weighted by atomic mass is 9.92. The van der Waals surface area contributed by atoms with Crippen molar-refractivity contribution in [3.63, 3.8) is 0 Å². The molecule has 1 N–H and O–H groups in total. The van der Waals surface area contributed by atoms with E-state index in [1.54, 1.807) is 11.3 Å². The Morgan fingerprint density at radius 3 is 3.12 bits per heavy atom. The van der Waals surface area contributed by atoms with Crippen LogP contribution in [0.4, 0.5) is 0 Å². The van der Waals surface area contributed by atoms with Crippen LogP contribution in [0.3, 0.4) is 0 Å². The third kappa shape index (κ3) is 1.96. The summed E-state index contributed by atoms with van der Waals surface area (Å²) >= 11 is 1.57. The van der Waals surface area contributed by atoms with Crippen molar-refractivity contribution in [2.75, 3.05) is 7.05 Å². The molecule has 0 fully saturated rings. The molecule has 3 rings (SSSR count). The minimum atomic E-state index is 0.406. The number of thiazole rings is 1. The smallest absolute Gasteiger partial charge is 0.179 e. The van der Waals surface area contributed by atoms with Gasteiger partial charge in [-0.15, -0.1) is 11.3 Å². The number of hydrogen-bond donors (Lipinski definition) is 1. The first kappa shape index (κ1) is 10.8. The average Bonchev–Trinajstić information content (AvgIpc) is 2.91. The summed E-state index contributed by atoms with van der Waals surface area (Å²) in [5, 5.41) is 5.31. The van der Waals surface area contributed by atoms with Crippen molar-refractivity contribution in [2.45, 2.75) is 25.3 Å². The molecule has 0 spiro atoms. The molecule has 4 nitrogen and oxygen atoms in total. The minimum absolute atomic E-state index is 0.406. The highest BCUT2D eigenvalue weighted by Crippen LogP contribution is 2.28. The summed E-state index contributed by atoms with van der Waals surface area (Å²) in [6, 6.07) is 0.406. The molecule has 1 unspecified atom stereocenters. The van der Waals surface area contributed by atoms with E-state index in [4.69, 9.17) is 0 Å². The Hall–Kier alpha value is -1.33. The van der Waals surface area contributed by atoms with Gasteiger partial charge in [0, 0.05) is 28.9 Å². The number of nitrogens with one attached hydrogen (secondary N) is 1. The van der Waals surface area contributed by atoms with Crippen LogP contribution in [0.5, 0.6) is 0 Å². The summed E-state index contributed by atoms with van der Waals surface area (Å²) in [5.41, 5.74) is 5.12. The lowest BCUT2D eigenvalue weighted by Gasteiger charge is -2.23. The van der Waals surface area contributed by atoms with E-state index in [0.717, 1.165) is 17.9 Å². The van der Waals surface area contributed by atoms with Gasteiger partial charge in [-0.05, 0) is 26.3 Å². The first-order valence-electron chi connectivity index (χ1n) is 5.80. The van der Waals surface area contributed by atoms with Crippen LogP contribution in [0, 0.1) is 0 Å². The summed E-state index contributed by atoms with van der Waals surface area (Å²) in [6.45, 7) is 0. The Morgan fingerprint density at radius 2 is 2.35 bits per heavy atom. The van der Waals surface area contributed by atoms with Gasteiger partial charge in [-0.3, -0.25) is 0 Å². The van der Waals surface area contributed by atoms with Crippen molar-refractivity contribution in [1.29, 1.82) is 0 Å². The first-order valence-corrected chi connectivity index (χ1v) is 6.74. The summed E-state index contributed by atoms with van der Waals surface area (Å²) in [7, 11) is 1.99. The van der Waals surface area contributed by atoms with Crippen molar-refractivity contribution in [3.8, 4) is 11.5 Å². The van der Waals surface area contributed by atoms with Gasteiger partial charge in [0.15, 0.2) is 5.82 Å². The highest BCUT2D eigenvalue weighted by molar-refractivity contribution is 7.07. The predicted molar refractivity (Wildman–Crippen MR) is 67.9 cm³/mol. The Kier molecular flexibility index (Phi) is 2.86. The van der Waals surface area contributed by atoms with Gasteiger partial charge >= 0.3 is 0 Å². The second-order valence-corrected chi connectivity index (χ2v) is 4.92. The average molecular weight is 246 g/mol. The SMILES string of the molecule is CNC1CCCc2nc(-c3cscn3)ncc21. The molecule has 5 heteroatoms. The number of nitrogens with zero attached hydrogens (tertiary/aromatic N) is 3. The summed E-state index contributed by atoms with van der Waals surface area (Å²) < 4.78 is 0. The van der Waals surface area contributed by atoms with E-state index in [2.05, 4.69) is 20.3 Å². The molecule has 0 radical (unpaired) electrons. The molecule has 0 bridgehead atoms. The van der Waals surface area contributed by atoms with Gasteiger partial charge in [0.2, 0.25) is 0 Å². The van der Waals surface area contributed by atoms with Crippen molar-refractivity contribution in [3.05, 3.63) is 28.3 Å². The molecule has 88 valence electrons. The lowest BCUT2D eigenvalue weighted by Crippen LogP contribution is -2.22. The van der Waals surface area contributed by atoms with Crippen LogP contribution in [0.25, 0.3) is 11.5 Å². The van der Waals surface area contributed by atoms with Gasteiger partial charge < -0.3 is 5.32 Å². The predicted octanol–water partition coefficient (Wildman–Crippen LogP) is 2.20. The van der Waals surface area contributed by atoms with Crippen molar-refractivity contribution >= 4 is 11.3 Å². The standard InChI is InChI=1S/C12H14N4S/c1-13-9-3-2-4-10-8(9)5-14-12(16-10)11-6-17-7-15-11/h5-7,9,13H,2-4H2,1H3. The molecular weight excluding hydrogens is 232 g/mol. The number of rotatable bonds is 2. The monoisotopic (exact) mass is 246 g/mol. The molecular formula is C12H14N4S. The normalized spacial score (nSPS) is 19.0. The highest BCUT2D eigenvalue weighted by atomic mass is 32.1. The van der Waals surface area contributed by atoms with Crippen LogP contribution < -0.4 is 5.32 Å². The molecule has 2 aromatic heterocycles. The molecule has 1 aliphatic rings. The van der Waals surface area contributed by atoms with Crippen LogP contribution in [-0.4, -0.2) is 22.0 Å². The van der Waals surface area contributed by atoms with Crippen LogP contribution in [-0.2, 0) is 6.42 Å². The summed E-state index contributed by atoms with van der Waals surface area (Å²) in [5.74, 6) is 0.752. The summed E-state index contributed by atoms with van der Waals surface area (Å²) in [6.07, 6.45) is 5.36. The van der Waals surface area contributed by atoms with Crippen molar-refractivity contribution in [2.24, 2.45) is 0 Å². The fraction of sp³-hybridized carbons (Fsp3) is 0.417. The largest absolute Gasteiger partial charge is 0.313 e. The van der Waals surface area contributed by atoms with Crippen LogP contribution in [0.15, 0.2) is 17.1 Å². The fourth-order valence-corrected chi connectivity index (χ4v) is 2.82. The van der Waals surface area contributed by atoms with E-state index in [9.17, 15) is 0 Å². The molecule has 1 aliphatic carbocycles. The van der Waals surface area contributed by atoms with E-state index in [1.807, 2.05) is 24.1 Å². The molecule has 0 saturated carbocycles. The zero-order chi connectivity index (χ0) is 11.7. The van der Waals surface area contributed by atoms with Gasteiger partial charge in [0.05, 0.1) is 5.51 Å². The Morgan fingerprint density at radius 1 is 1.41 bits per heavy atom. The number of aromatic nitrogens is 3. The maximum atomic E-state index is 4.65. The zero-order valence-corrected chi connectivity index (χ0v) is 10.5. The van der Waals surface area contributed by atoms with E-state index >= 15 is 0 Å². The summed E-state index contributed by atoms with van der Waals surface area (Å²) in [4.78, 5) is 13.3. The molecule has 0 amide bonds. The molecule has 1 atom stereocenters. The van der Waals surface area contributed by atoms with E-state index in [-0.39, 0.29) is 0 Å². The van der Waals surface area contributed by atoms with Crippen molar-refractivity contribution in [1.82, 2.24) is 20.3 Å². The van der Waals surface area contributed by atoms with E-state index < -0.39 is 0 Å². The van der Waals surface area contributed by atoms with Crippen LogP contribution >= 0.6 is 11.3 Å². The number of aryl methyl sites for hydroxylation is 1. The van der Waals surface area contributed by atoms with Gasteiger partial charge in [-0.1, -0.05) is 0 Å². The van der Waals surface area contributed by atoms with Gasteiger partial charge in [0.25, 0.3) is 0 Å². The van der Waals surface area contributed by atoms with Gasteiger partial charge in [-0.2, -0.15) is 0 Å². The van der Waals surface area contributed by atoms with E-state index in [1.165, 1.54) is 24.1 Å². The van der Waals surface area contributed by atoms with Crippen molar-refractivity contribution < 1.29 is 0 Å². The third-order valence-corrected chi connectivity index (χ3v) is 3.78. The Labute approximate surface area is 104 Å². The van der Waals surface area contributed by atoms with Crippen LogP contribution in [0.2, 0.25) is 0 Å². The first-order chi connectivity index (χ1) is 8.38.